The van der Waals surface area contributed by atoms with Gasteiger partial charge >= 0.3 is 0 Å². The highest BCUT2D eigenvalue weighted by atomic mass is 19.1. The highest BCUT2D eigenvalue weighted by molar-refractivity contribution is 5.61. The lowest BCUT2D eigenvalue weighted by molar-refractivity contribution is -0.384. The lowest BCUT2D eigenvalue weighted by Gasteiger charge is -2.10. The molecule has 1 aromatic rings. The van der Waals surface area contributed by atoms with Crippen molar-refractivity contribution >= 4 is 11.4 Å². The molecule has 0 saturated heterocycles. The van der Waals surface area contributed by atoms with Crippen molar-refractivity contribution in [3.05, 3.63) is 34.1 Å². The maximum Gasteiger partial charge on any atom is 0.295 e. The Hall–Kier alpha value is -1.65. The Bertz CT molecular complexity index is 445. The van der Waals surface area contributed by atoms with Gasteiger partial charge in [-0.05, 0) is 30.9 Å². The molecule has 0 bridgehead atoms. The zero-order valence-corrected chi connectivity index (χ0v) is 10.9. The van der Waals surface area contributed by atoms with Crippen LogP contribution in [0.2, 0.25) is 0 Å². The maximum atomic E-state index is 13.0. The Morgan fingerprint density at radius 3 is 2.79 bits per heavy atom. The van der Waals surface area contributed by atoms with Crippen molar-refractivity contribution in [2.45, 2.75) is 38.5 Å². The van der Waals surface area contributed by atoms with Crippen LogP contribution in [0.5, 0.6) is 0 Å². The van der Waals surface area contributed by atoms with E-state index in [4.69, 9.17) is 0 Å². The molecule has 1 fully saturated rings. The van der Waals surface area contributed by atoms with Crippen molar-refractivity contribution in [3.63, 3.8) is 0 Å². The summed E-state index contributed by atoms with van der Waals surface area (Å²) in [6.07, 6.45) is 7.47. The summed E-state index contributed by atoms with van der Waals surface area (Å²) >= 11 is 0. The first-order chi connectivity index (χ1) is 9.16. The van der Waals surface area contributed by atoms with Gasteiger partial charge in [0.25, 0.3) is 5.69 Å². The van der Waals surface area contributed by atoms with Gasteiger partial charge in [0.2, 0.25) is 0 Å². The van der Waals surface area contributed by atoms with Crippen LogP contribution in [0.1, 0.15) is 38.5 Å². The molecule has 4 nitrogen and oxygen atoms in total. The van der Waals surface area contributed by atoms with Gasteiger partial charge < -0.3 is 5.32 Å². The van der Waals surface area contributed by atoms with E-state index in [0.29, 0.717) is 12.2 Å². The van der Waals surface area contributed by atoms with E-state index in [0.717, 1.165) is 18.4 Å². The van der Waals surface area contributed by atoms with Gasteiger partial charge in [-0.3, -0.25) is 10.1 Å². The first kappa shape index (κ1) is 13.8. The fourth-order valence-electron chi connectivity index (χ4n) is 2.72. The van der Waals surface area contributed by atoms with Crippen LogP contribution in [0.4, 0.5) is 15.8 Å². The molecule has 5 heteroatoms. The minimum absolute atomic E-state index is 0.194. The van der Waals surface area contributed by atoms with Gasteiger partial charge in [0.15, 0.2) is 0 Å². The number of rotatable bonds is 6. The van der Waals surface area contributed by atoms with Crippen molar-refractivity contribution in [1.82, 2.24) is 0 Å². The summed E-state index contributed by atoms with van der Waals surface area (Å²) in [5, 5.41) is 13.9. The maximum absolute atomic E-state index is 13.0. The minimum atomic E-state index is -0.580. The van der Waals surface area contributed by atoms with Crippen LogP contribution in [0.25, 0.3) is 0 Å². The molecule has 1 saturated carbocycles. The highest BCUT2D eigenvalue weighted by Gasteiger charge is 2.16. The molecule has 1 aromatic carbocycles. The normalized spacial score (nSPS) is 15.6. The molecule has 1 aliphatic carbocycles. The Balaban J connectivity index is 1.83. The predicted molar refractivity (Wildman–Crippen MR) is 72.7 cm³/mol. The average Bonchev–Trinajstić information content (AvgIpc) is 2.89. The van der Waals surface area contributed by atoms with Crippen molar-refractivity contribution in [3.8, 4) is 0 Å². The largest absolute Gasteiger partial charge is 0.379 e. The second kappa shape index (κ2) is 6.50. The third-order valence-corrected chi connectivity index (χ3v) is 3.74. The Morgan fingerprint density at radius 1 is 1.37 bits per heavy atom. The van der Waals surface area contributed by atoms with Crippen LogP contribution >= 0.6 is 0 Å². The van der Waals surface area contributed by atoms with Crippen LogP contribution in [-0.2, 0) is 0 Å². The van der Waals surface area contributed by atoms with Crippen molar-refractivity contribution in [1.29, 1.82) is 0 Å². The number of halogens is 1. The number of nitro benzene ring substituents is 1. The Labute approximate surface area is 112 Å². The van der Waals surface area contributed by atoms with E-state index >= 15 is 0 Å². The highest BCUT2D eigenvalue weighted by Crippen LogP contribution is 2.29. The summed E-state index contributed by atoms with van der Waals surface area (Å²) in [5.74, 6) is 0.244. The van der Waals surface area contributed by atoms with Gasteiger partial charge in [0.1, 0.15) is 11.5 Å². The topological polar surface area (TPSA) is 55.2 Å². The monoisotopic (exact) mass is 266 g/mol. The zero-order valence-electron chi connectivity index (χ0n) is 10.9. The van der Waals surface area contributed by atoms with Gasteiger partial charge in [-0.1, -0.05) is 25.7 Å². The van der Waals surface area contributed by atoms with E-state index in [1.807, 2.05) is 0 Å². The summed E-state index contributed by atoms with van der Waals surface area (Å²) in [6, 6.07) is 3.63. The number of nitrogens with zero attached hydrogens (tertiary/aromatic N) is 1. The fraction of sp³-hybridized carbons (Fsp3) is 0.571. The molecular weight excluding hydrogens is 247 g/mol. The third kappa shape index (κ3) is 3.91. The second-order valence-electron chi connectivity index (χ2n) is 5.14. The molecule has 0 atom stereocenters. The summed E-state index contributed by atoms with van der Waals surface area (Å²) in [5.41, 5.74) is 0.207. The Morgan fingerprint density at radius 2 is 2.11 bits per heavy atom. The van der Waals surface area contributed by atoms with E-state index in [2.05, 4.69) is 5.32 Å². The molecule has 0 amide bonds. The van der Waals surface area contributed by atoms with E-state index in [1.54, 1.807) is 0 Å². The van der Waals surface area contributed by atoms with Gasteiger partial charge in [0, 0.05) is 6.54 Å². The fourth-order valence-corrected chi connectivity index (χ4v) is 2.72. The number of anilines is 1. The summed E-state index contributed by atoms with van der Waals surface area (Å²) in [6.45, 7) is 0.697. The molecule has 1 N–H and O–H groups in total. The molecule has 0 unspecified atom stereocenters. The quantitative estimate of drug-likeness (QED) is 0.479. The Kier molecular flexibility index (Phi) is 4.71. The lowest BCUT2D eigenvalue weighted by atomic mass is 10.0. The molecule has 0 spiro atoms. The number of nitrogens with one attached hydrogen (secondary N) is 1. The molecule has 19 heavy (non-hydrogen) atoms. The van der Waals surface area contributed by atoms with Gasteiger partial charge in [0.05, 0.1) is 11.0 Å². The predicted octanol–water partition coefficient (Wildman–Crippen LogP) is 4.12. The van der Waals surface area contributed by atoms with Gasteiger partial charge in [-0.25, -0.2) is 4.39 Å². The number of hydrogen-bond acceptors (Lipinski definition) is 3. The van der Waals surface area contributed by atoms with E-state index in [-0.39, 0.29) is 5.69 Å². The van der Waals surface area contributed by atoms with E-state index < -0.39 is 10.7 Å². The molecule has 0 aromatic heterocycles. The van der Waals surface area contributed by atoms with Crippen LogP contribution in [0.15, 0.2) is 18.2 Å². The molecule has 0 heterocycles. The number of benzene rings is 1. The molecule has 1 aliphatic rings. The average molecular weight is 266 g/mol. The second-order valence-corrected chi connectivity index (χ2v) is 5.14. The van der Waals surface area contributed by atoms with Gasteiger partial charge in [-0.15, -0.1) is 0 Å². The summed E-state index contributed by atoms with van der Waals surface area (Å²) in [4.78, 5) is 10.3. The van der Waals surface area contributed by atoms with E-state index in [1.165, 1.54) is 44.2 Å². The first-order valence-corrected chi connectivity index (χ1v) is 6.84. The standard InChI is InChI=1S/C14H19FN2O2/c15-12-7-8-13(14(10-12)17(18)19)16-9-3-6-11-4-1-2-5-11/h7-8,10-11,16H,1-6,9H2. The molecular formula is C14H19FN2O2. The molecule has 2 rings (SSSR count). The van der Waals surface area contributed by atoms with Crippen molar-refractivity contribution in [2.75, 3.05) is 11.9 Å². The number of hydrogen-bond donors (Lipinski definition) is 1. The SMILES string of the molecule is O=[N+]([O-])c1cc(F)ccc1NCCCC1CCCC1. The van der Waals surface area contributed by atoms with Crippen molar-refractivity contribution < 1.29 is 9.31 Å². The lowest BCUT2D eigenvalue weighted by Crippen LogP contribution is -2.06. The van der Waals surface area contributed by atoms with Crippen LogP contribution in [0.3, 0.4) is 0 Å². The number of nitro groups is 1. The third-order valence-electron chi connectivity index (χ3n) is 3.74. The summed E-state index contributed by atoms with van der Waals surface area (Å²) in [7, 11) is 0. The molecule has 104 valence electrons. The van der Waals surface area contributed by atoms with Crippen molar-refractivity contribution in [2.24, 2.45) is 5.92 Å². The zero-order chi connectivity index (χ0) is 13.7. The van der Waals surface area contributed by atoms with Crippen LogP contribution in [-0.4, -0.2) is 11.5 Å². The smallest absolute Gasteiger partial charge is 0.295 e. The summed E-state index contributed by atoms with van der Waals surface area (Å²) < 4.78 is 13.0. The van der Waals surface area contributed by atoms with E-state index in [9.17, 15) is 14.5 Å². The first-order valence-electron chi connectivity index (χ1n) is 6.84. The van der Waals surface area contributed by atoms with Crippen LogP contribution in [0, 0.1) is 21.8 Å². The minimum Gasteiger partial charge on any atom is -0.379 e. The van der Waals surface area contributed by atoms with Gasteiger partial charge in [-0.2, -0.15) is 0 Å². The molecule has 0 aliphatic heterocycles. The molecule has 0 radical (unpaired) electrons. The van der Waals surface area contributed by atoms with Crippen LogP contribution < -0.4 is 5.32 Å².